The van der Waals surface area contributed by atoms with Crippen LogP contribution in [0.25, 0.3) is 10.3 Å². The van der Waals surface area contributed by atoms with E-state index in [4.69, 9.17) is 0 Å². The number of rotatable bonds is 6. The summed E-state index contributed by atoms with van der Waals surface area (Å²) in [6, 6.07) is 3.39. The monoisotopic (exact) mass is 403 g/mol. The SMILES string of the molecule is CC(C)CC(=O)NC(C(=O)N1CCN(c2nc3cccnc3s2)CC1)C(C)C. The van der Waals surface area contributed by atoms with Crippen LogP contribution in [0.15, 0.2) is 18.3 Å². The molecule has 0 bridgehead atoms. The first-order valence-corrected chi connectivity index (χ1v) is 10.7. The number of amides is 2. The lowest BCUT2D eigenvalue weighted by Crippen LogP contribution is -2.56. The summed E-state index contributed by atoms with van der Waals surface area (Å²) in [5.41, 5.74) is 0.911. The van der Waals surface area contributed by atoms with Crippen LogP contribution in [0.2, 0.25) is 0 Å². The van der Waals surface area contributed by atoms with E-state index in [1.54, 1.807) is 17.5 Å². The van der Waals surface area contributed by atoms with Crippen molar-refractivity contribution in [3.05, 3.63) is 18.3 Å². The molecule has 3 rings (SSSR count). The lowest BCUT2D eigenvalue weighted by atomic mass is 10.0. The molecule has 0 aromatic carbocycles. The third kappa shape index (κ3) is 4.79. The zero-order valence-electron chi connectivity index (χ0n) is 17.0. The maximum Gasteiger partial charge on any atom is 0.245 e. The average Bonchev–Trinajstić information content (AvgIpc) is 3.09. The molecule has 2 aromatic rings. The number of aromatic nitrogens is 2. The van der Waals surface area contributed by atoms with Crippen LogP contribution in [0.4, 0.5) is 5.13 Å². The fourth-order valence-corrected chi connectivity index (χ4v) is 4.29. The largest absolute Gasteiger partial charge is 0.344 e. The van der Waals surface area contributed by atoms with Gasteiger partial charge in [0.1, 0.15) is 16.4 Å². The first-order valence-electron chi connectivity index (χ1n) is 9.89. The van der Waals surface area contributed by atoms with Crippen LogP contribution in [-0.4, -0.2) is 58.9 Å². The number of thiazole rings is 1. The highest BCUT2D eigenvalue weighted by Crippen LogP contribution is 2.27. The van der Waals surface area contributed by atoms with Gasteiger partial charge in [0.15, 0.2) is 5.13 Å². The van der Waals surface area contributed by atoms with Crippen molar-refractivity contribution in [2.45, 2.75) is 40.2 Å². The molecule has 1 fully saturated rings. The van der Waals surface area contributed by atoms with E-state index in [0.29, 0.717) is 19.5 Å². The lowest BCUT2D eigenvalue weighted by Gasteiger charge is -2.37. The number of carbonyl (C=O) groups is 2. The molecule has 1 aliphatic rings. The molecule has 1 saturated heterocycles. The van der Waals surface area contributed by atoms with Crippen LogP contribution < -0.4 is 10.2 Å². The fraction of sp³-hybridized carbons (Fsp3) is 0.600. The Morgan fingerprint density at radius 3 is 2.50 bits per heavy atom. The summed E-state index contributed by atoms with van der Waals surface area (Å²) in [7, 11) is 0. The molecule has 7 nitrogen and oxygen atoms in total. The van der Waals surface area contributed by atoms with Crippen LogP contribution >= 0.6 is 11.3 Å². The first-order chi connectivity index (χ1) is 13.3. The molecular formula is C20H29N5O2S. The fourth-order valence-electron chi connectivity index (χ4n) is 3.33. The van der Waals surface area contributed by atoms with E-state index < -0.39 is 6.04 Å². The van der Waals surface area contributed by atoms with E-state index in [-0.39, 0.29) is 23.7 Å². The predicted molar refractivity (Wildman–Crippen MR) is 112 cm³/mol. The molecule has 152 valence electrons. The first kappa shape index (κ1) is 20.5. The van der Waals surface area contributed by atoms with Gasteiger partial charge in [0, 0.05) is 38.8 Å². The molecule has 3 heterocycles. The predicted octanol–water partition coefficient (Wildman–Crippen LogP) is 2.53. The summed E-state index contributed by atoms with van der Waals surface area (Å²) in [6.07, 6.45) is 2.22. The molecule has 0 spiro atoms. The zero-order valence-corrected chi connectivity index (χ0v) is 17.8. The number of fused-ring (bicyclic) bond motifs is 1. The zero-order chi connectivity index (χ0) is 20.3. The molecule has 0 saturated carbocycles. The second kappa shape index (κ2) is 8.86. The van der Waals surface area contributed by atoms with Crippen molar-refractivity contribution in [3.8, 4) is 0 Å². The van der Waals surface area contributed by atoms with Gasteiger partial charge < -0.3 is 15.1 Å². The van der Waals surface area contributed by atoms with Crippen molar-refractivity contribution in [2.24, 2.45) is 11.8 Å². The average molecular weight is 404 g/mol. The summed E-state index contributed by atoms with van der Waals surface area (Å²) < 4.78 is 0. The minimum absolute atomic E-state index is 0.0118. The summed E-state index contributed by atoms with van der Waals surface area (Å²) >= 11 is 1.58. The third-order valence-electron chi connectivity index (χ3n) is 4.86. The number of pyridine rings is 1. The van der Waals surface area contributed by atoms with Gasteiger partial charge in [-0.05, 0) is 24.0 Å². The molecule has 0 radical (unpaired) electrons. The summed E-state index contributed by atoms with van der Waals surface area (Å²) in [5.74, 6) is 0.284. The minimum Gasteiger partial charge on any atom is -0.344 e. The van der Waals surface area contributed by atoms with E-state index in [1.165, 1.54) is 0 Å². The van der Waals surface area contributed by atoms with Crippen LogP contribution in [0.5, 0.6) is 0 Å². The van der Waals surface area contributed by atoms with Crippen LogP contribution in [-0.2, 0) is 9.59 Å². The number of piperazine rings is 1. The van der Waals surface area contributed by atoms with Crippen molar-refractivity contribution >= 4 is 38.6 Å². The van der Waals surface area contributed by atoms with Crippen LogP contribution in [0.3, 0.4) is 0 Å². The number of hydrogen-bond donors (Lipinski definition) is 1. The number of anilines is 1. The Morgan fingerprint density at radius 2 is 1.89 bits per heavy atom. The molecule has 1 N–H and O–H groups in total. The van der Waals surface area contributed by atoms with E-state index >= 15 is 0 Å². The third-order valence-corrected chi connectivity index (χ3v) is 5.90. The Bertz CT molecular complexity index is 794. The van der Waals surface area contributed by atoms with Crippen LogP contribution in [0, 0.1) is 11.8 Å². The van der Waals surface area contributed by atoms with Crippen molar-refractivity contribution in [3.63, 3.8) is 0 Å². The number of hydrogen-bond acceptors (Lipinski definition) is 6. The molecule has 1 aliphatic heterocycles. The molecule has 1 atom stereocenters. The molecule has 1 unspecified atom stereocenters. The highest BCUT2D eigenvalue weighted by Gasteiger charge is 2.31. The normalized spacial score (nSPS) is 16.1. The van der Waals surface area contributed by atoms with Gasteiger partial charge in [-0.15, -0.1) is 0 Å². The molecule has 28 heavy (non-hydrogen) atoms. The van der Waals surface area contributed by atoms with Crippen molar-refractivity contribution < 1.29 is 9.59 Å². The van der Waals surface area contributed by atoms with E-state index in [0.717, 1.165) is 28.6 Å². The Kier molecular flexibility index (Phi) is 6.49. The number of carbonyl (C=O) groups excluding carboxylic acids is 2. The molecule has 2 amide bonds. The van der Waals surface area contributed by atoms with Gasteiger partial charge >= 0.3 is 0 Å². The second-order valence-electron chi connectivity index (χ2n) is 8.02. The topological polar surface area (TPSA) is 78.4 Å². The standard InChI is InChI=1S/C20H29N5O2S/c1-13(2)12-16(26)23-17(14(3)4)19(27)24-8-10-25(11-9-24)20-22-15-6-5-7-21-18(15)28-20/h5-7,13-14,17H,8-12H2,1-4H3,(H,23,26). The maximum atomic E-state index is 13.0. The van der Waals surface area contributed by atoms with Gasteiger partial charge in [0.25, 0.3) is 0 Å². The minimum atomic E-state index is -0.468. The molecular weight excluding hydrogens is 374 g/mol. The quantitative estimate of drug-likeness (QED) is 0.802. The van der Waals surface area contributed by atoms with E-state index in [1.807, 2.05) is 44.7 Å². The molecule has 2 aromatic heterocycles. The summed E-state index contributed by atoms with van der Waals surface area (Å²) in [6.45, 7) is 10.7. The van der Waals surface area contributed by atoms with E-state index in [2.05, 4.69) is 20.2 Å². The van der Waals surface area contributed by atoms with Crippen molar-refractivity contribution in [2.75, 3.05) is 31.1 Å². The van der Waals surface area contributed by atoms with Gasteiger partial charge in [-0.2, -0.15) is 0 Å². The Morgan fingerprint density at radius 1 is 1.18 bits per heavy atom. The number of nitrogens with zero attached hydrogens (tertiary/aromatic N) is 4. The lowest BCUT2D eigenvalue weighted by molar-refractivity contribution is -0.138. The maximum absolute atomic E-state index is 13.0. The van der Waals surface area contributed by atoms with Gasteiger partial charge in [-0.25, -0.2) is 9.97 Å². The van der Waals surface area contributed by atoms with E-state index in [9.17, 15) is 9.59 Å². The van der Waals surface area contributed by atoms with Crippen LogP contribution in [0.1, 0.15) is 34.1 Å². The number of nitrogens with one attached hydrogen (secondary N) is 1. The summed E-state index contributed by atoms with van der Waals surface area (Å²) in [4.78, 5) is 39.2. The van der Waals surface area contributed by atoms with Crippen molar-refractivity contribution in [1.82, 2.24) is 20.2 Å². The Balaban J connectivity index is 1.60. The van der Waals surface area contributed by atoms with Gasteiger partial charge in [0.2, 0.25) is 11.8 Å². The smallest absolute Gasteiger partial charge is 0.245 e. The second-order valence-corrected chi connectivity index (χ2v) is 8.98. The highest BCUT2D eigenvalue weighted by atomic mass is 32.1. The van der Waals surface area contributed by atoms with Gasteiger partial charge in [0.05, 0.1) is 0 Å². The van der Waals surface area contributed by atoms with Gasteiger partial charge in [-0.1, -0.05) is 39.0 Å². The van der Waals surface area contributed by atoms with Crippen molar-refractivity contribution in [1.29, 1.82) is 0 Å². The highest BCUT2D eigenvalue weighted by molar-refractivity contribution is 7.21. The van der Waals surface area contributed by atoms with Gasteiger partial charge in [-0.3, -0.25) is 9.59 Å². The Labute approximate surface area is 170 Å². The Hall–Kier alpha value is -2.22. The molecule has 8 heteroatoms. The molecule has 0 aliphatic carbocycles. The summed E-state index contributed by atoms with van der Waals surface area (Å²) in [5, 5.41) is 3.89.